The first-order valence-corrected chi connectivity index (χ1v) is 3.79. The lowest BCUT2D eigenvalue weighted by atomic mass is 10.1. The van der Waals surface area contributed by atoms with E-state index in [1.807, 2.05) is 0 Å². The van der Waals surface area contributed by atoms with Gasteiger partial charge in [0.1, 0.15) is 12.5 Å². The van der Waals surface area contributed by atoms with Gasteiger partial charge in [-0.1, -0.05) is 0 Å². The number of aliphatic hydroxyl groups is 1. The Balaban J connectivity index is 3.26. The number of anilines is 1. The quantitative estimate of drug-likeness (QED) is 0.268. The van der Waals surface area contributed by atoms with Gasteiger partial charge in [-0.25, -0.2) is 17.6 Å². The first-order valence-electron chi connectivity index (χ1n) is 3.79. The Morgan fingerprint density at radius 3 is 2.13 bits per heavy atom. The lowest BCUT2D eigenvalue weighted by molar-refractivity contribution is -0.0134. The molecule has 3 nitrogen and oxygen atoms in total. The summed E-state index contributed by atoms with van der Waals surface area (Å²) in [6.07, 6.45) is 0. The summed E-state index contributed by atoms with van der Waals surface area (Å²) in [6, 6.07) is 0. The van der Waals surface area contributed by atoms with Crippen LogP contribution in [-0.4, -0.2) is 11.9 Å². The predicted molar refractivity (Wildman–Crippen MR) is 42.6 cm³/mol. The van der Waals surface area contributed by atoms with Gasteiger partial charge in [-0.3, -0.25) is 0 Å². The second-order valence-electron chi connectivity index (χ2n) is 2.63. The molecule has 1 aromatic carbocycles. The van der Waals surface area contributed by atoms with Gasteiger partial charge in [0.05, 0.1) is 12.2 Å². The van der Waals surface area contributed by atoms with Crippen LogP contribution in [0.3, 0.4) is 0 Å². The molecule has 3 N–H and O–H groups in total. The highest BCUT2D eigenvalue weighted by Crippen LogP contribution is 2.26. The molecule has 0 unspecified atom stereocenters. The van der Waals surface area contributed by atoms with Gasteiger partial charge in [0.25, 0.3) is 0 Å². The third-order valence-corrected chi connectivity index (χ3v) is 1.73. The van der Waals surface area contributed by atoms with Gasteiger partial charge >= 0.3 is 0 Å². The van der Waals surface area contributed by atoms with Crippen molar-refractivity contribution < 1.29 is 27.4 Å². The van der Waals surface area contributed by atoms with Crippen molar-refractivity contribution >= 4 is 5.69 Å². The van der Waals surface area contributed by atoms with Crippen molar-refractivity contribution in [2.75, 3.05) is 12.5 Å². The minimum Gasteiger partial charge on any atom is -0.394 e. The Hall–Kier alpha value is -1.34. The molecule has 1 rings (SSSR count). The van der Waals surface area contributed by atoms with Crippen LogP contribution in [0.25, 0.3) is 0 Å². The molecule has 0 saturated heterocycles. The van der Waals surface area contributed by atoms with Crippen LogP contribution < -0.4 is 5.73 Å². The van der Waals surface area contributed by atoms with Gasteiger partial charge < -0.3 is 15.6 Å². The van der Waals surface area contributed by atoms with Crippen LogP contribution in [0.5, 0.6) is 0 Å². The number of hydrogen-bond donors (Lipinski definition) is 2. The molecule has 15 heavy (non-hydrogen) atoms. The summed E-state index contributed by atoms with van der Waals surface area (Å²) in [5.41, 5.74) is 2.87. The van der Waals surface area contributed by atoms with Crippen LogP contribution >= 0.6 is 0 Å². The highest BCUT2D eigenvalue weighted by molar-refractivity contribution is 5.45. The van der Waals surface area contributed by atoms with Crippen LogP contribution in [0.2, 0.25) is 0 Å². The Morgan fingerprint density at radius 2 is 1.60 bits per heavy atom. The fourth-order valence-electron chi connectivity index (χ4n) is 0.977. The number of halogens is 4. The van der Waals surface area contributed by atoms with Crippen molar-refractivity contribution in [3.8, 4) is 0 Å². The van der Waals surface area contributed by atoms with Crippen LogP contribution in [0, 0.1) is 23.3 Å². The fourth-order valence-corrected chi connectivity index (χ4v) is 0.977. The lowest BCUT2D eigenvalue weighted by Gasteiger charge is -2.08. The number of nitrogens with two attached hydrogens (primary N) is 1. The lowest BCUT2D eigenvalue weighted by Crippen LogP contribution is -2.09. The summed E-state index contributed by atoms with van der Waals surface area (Å²) in [6.45, 7) is -1.55. The molecular weight excluding hydrogens is 218 g/mol. The first-order chi connectivity index (χ1) is 7.00. The van der Waals surface area contributed by atoms with Crippen molar-refractivity contribution in [2.45, 2.75) is 6.61 Å². The summed E-state index contributed by atoms with van der Waals surface area (Å²) in [7, 11) is 0. The summed E-state index contributed by atoms with van der Waals surface area (Å²) in [5.74, 6) is -6.80. The molecule has 0 aliphatic rings. The zero-order valence-corrected chi connectivity index (χ0v) is 7.36. The maximum absolute atomic E-state index is 13.1. The van der Waals surface area contributed by atoms with Crippen molar-refractivity contribution in [1.29, 1.82) is 0 Å². The molecule has 0 fully saturated rings. The molecular formula is C8H7F4NO2. The Labute approximate surface area is 82.1 Å². The van der Waals surface area contributed by atoms with Crippen molar-refractivity contribution in [3.63, 3.8) is 0 Å². The van der Waals surface area contributed by atoms with E-state index >= 15 is 0 Å². The topological polar surface area (TPSA) is 55.5 Å². The maximum Gasteiger partial charge on any atom is 0.197 e. The molecule has 7 heteroatoms. The molecule has 1 aromatic rings. The minimum absolute atomic E-state index is 0.741. The number of nitrogen functional groups attached to an aromatic ring is 1. The monoisotopic (exact) mass is 225 g/mol. The maximum atomic E-state index is 13.1. The van der Waals surface area contributed by atoms with E-state index in [2.05, 4.69) is 4.74 Å². The van der Waals surface area contributed by atoms with Crippen molar-refractivity contribution in [3.05, 3.63) is 28.8 Å². The highest BCUT2D eigenvalue weighted by Gasteiger charge is 2.23. The SMILES string of the molecule is Nc1c(F)c(F)c(F)c(COCO)c1F. The van der Waals surface area contributed by atoms with Crippen LogP contribution in [0.1, 0.15) is 5.56 Å². The number of aliphatic hydroxyl groups excluding tert-OH is 1. The van der Waals surface area contributed by atoms with Crippen LogP contribution in [0.4, 0.5) is 23.2 Å². The van der Waals surface area contributed by atoms with E-state index in [9.17, 15) is 17.6 Å². The first kappa shape index (κ1) is 11.7. The minimum atomic E-state index is -1.87. The molecule has 84 valence electrons. The zero-order valence-electron chi connectivity index (χ0n) is 7.36. The molecule has 0 atom stereocenters. The molecule has 0 spiro atoms. The van der Waals surface area contributed by atoms with E-state index in [1.54, 1.807) is 0 Å². The average molecular weight is 225 g/mol. The van der Waals surface area contributed by atoms with Gasteiger partial charge in [-0.15, -0.1) is 0 Å². The van der Waals surface area contributed by atoms with Crippen molar-refractivity contribution in [2.24, 2.45) is 0 Å². The molecule has 0 heterocycles. The van der Waals surface area contributed by atoms with E-state index in [0.717, 1.165) is 0 Å². The second-order valence-corrected chi connectivity index (χ2v) is 2.63. The van der Waals surface area contributed by atoms with E-state index in [-0.39, 0.29) is 0 Å². The van der Waals surface area contributed by atoms with E-state index in [1.165, 1.54) is 0 Å². The number of rotatable bonds is 3. The molecule has 0 amide bonds. The van der Waals surface area contributed by atoms with E-state index in [0.29, 0.717) is 0 Å². The number of ether oxygens (including phenoxy) is 1. The molecule has 0 aliphatic carbocycles. The van der Waals surface area contributed by atoms with E-state index in [4.69, 9.17) is 10.8 Å². The molecule has 0 aromatic heterocycles. The van der Waals surface area contributed by atoms with Crippen molar-refractivity contribution in [1.82, 2.24) is 0 Å². The van der Waals surface area contributed by atoms with Gasteiger partial charge in [0.2, 0.25) is 0 Å². The number of hydrogen-bond acceptors (Lipinski definition) is 3. The smallest absolute Gasteiger partial charge is 0.197 e. The normalized spacial score (nSPS) is 10.7. The zero-order chi connectivity index (χ0) is 11.6. The highest BCUT2D eigenvalue weighted by atomic mass is 19.2. The number of benzene rings is 1. The molecule has 0 aliphatic heterocycles. The van der Waals surface area contributed by atoms with E-state index < -0.39 is 47.9 Å². The summed E-state index contributed by atoms with van der Waals surface area (Å²) in [4.78, 5) is 0. The Kier molecular flexibility index (Phi) is 3.48. The van der Waals surface area contributed by atoms with Gasteiger partial charge in [-0.05, 0) is 0 Å². The molecule has 0 radical (unpaired) electrons. The van der Waals surface area contributed by atoms with Crippen LogP contribution in [0.15, 0.2) is 0 Å². The summed E-state index contributed by atoms with van der Waals surface area (Å²) >= 11 is 0. The fraction of sp³-hybridized carbons (Fsp3) is 0.250. The Morgan fingerprint density at radius 1 is 1.00 bits per heavy atom. The van der Waals surface area contributed by atoms with Gasteiger partial charge in [0.15, 0.2) is 23.3 Å². The largest absolute Gasteiger partial charge is 0.394 e. The second kappa shape index (κ2) is 4.45. The predicted octanol–water partition coefficient (Wildman–Crippen LogP) is 1.29. The van der Waals surface area contributed by atoms with Gasteiger partial charge in [-0.2, -0.15) is 0 Å². The summed E-state index contributed by atoms with van der Waals surface area (Å²) in [5, 5.41) is 8.24. The molecule has 0 saturated carbocycles. The third-order valence-electron chi connectivity index (χ3n) is 1.73. The summed E-state index contributed by atoms with van der Waals surface area (Å²) < 4.78 is 55.7. The van der Waals surface area contributed by atoms with Gasteiger partial charge in [0, 0.05) is 0 Å². The third kappa shape index (κ3) is 2.02. The standard InChI is InChI=1S/C8H7F4NO2/c9-4-3(1-15-2-14)5(10)8(13)7(12)6(4)11/h14H,1-2,13H2. The Bertz CT molecular complexity index is 354. The molecule has 0 bridgehead atoms. The average Bonchev–Trinajstić information content (AvgIpc) is 2.24. The van der Waals surface area contributed by atoms with Crippen LogP contribution in [-0.2, 0) is 11.3 Å².